The minimum absolute atomic E-state index is 0.0537. The van der Waals surface area contributed by atoms with E-state index in [0.717, 1.165) is 0 Å². The van der Waals surface area contributed by atoms with Gasteiger partial charge in [-0.2, -0.15) is 26.3 Å². The van der Waals surface area contributed by atoms with Gasteiger partial charge in [0, 0.05) is 12.0 Å². The Bertz CT molecular complexity index is 656. The summed E-state index contributed by atoms with van der Waals surface area (Å²) in [5, 5.41) is 18.4. The van der Waals surface area contributed by atoms with Crippen molar-refractivity contribution >= 4 is 5.97 Å². The summed E-state index contributed by atoms with van der Waals surface area (Å²) < 4.78 is 85.3. The molecule has 0 spiro atoms. The number of aliphatic hydroxyl groups is 1. The minimum atomic E-state index is -5.97. The first-order valence-corrected chi connectivity index (χ1v) is 9.16. The molecule has 2 N–H and O–H groups in total. The van der Waals surface area contributed by atoms with Crippen molar-refractivity contribution in [3.63, 3.8) is 0 Å². The summed E-state index contributed by atoms with van der Waals surface area (Å²) in [4.78, 5) is 10.6. The van der Waals surface area contributed by atoms with Crippen LogP contribution in [0.4, 0.5) is 26.3 Å². The number of rotatable bonds is 10. The number of benzene rings is 1. The number of carboxylic acid groups (broad SMARTS) is 1. The van der Waals surface area contributed by atoms with Crippen LogP contribution in [0.2, 0.25) is 0 Å². The second-order valence-corrected chi connectivity index (χ2v) is 6.68. The number of ether oxygens (including phenoxy) is 1. The zero-order chi connectivity index (χ0) is 22.5. The quantitative estimate of drug-likeness (QED) is 0.398. The smallest absolute Gasteiger partial charge is 0.430 e. The predicted octanol–water partition coefficient (Wildman–Crippen LogP) is 5.15. The summed E-state index contributed by atoms with van der Waals surface area (Å²) >= 11 is 0. The second kappa shape index (κ2) is 9.69. The van der Waals surface area contributed by atoms with Crippen molar-refractivity contribution in [2.24, 2.45) is 0 Å². The lowest BCUT2D eigenvalue weighted by molar-refractivity contribution is -0.376. The summed E-state index contributed by atoms with van der Waals surface area (Å²) in [6, 6.07) is 1.35. The average molecular weight is 430 g/mol. The number of aliphatic carboxylic acids is 1. The van der Waals surface area contributed by atoms with Crippen LogP contribution in [0.5, 0.6) is 5.75 Å². The van der Waals surface area contributed by atoms with Gasteiger partial charge in [0.15, 0.2) is 0 Å². The van der Waals surface area contributed by atoms with E-state index in [0.29, 0.717) is 25.0 Å². The van der Waals surface area contributed by atoms with E-state index in [1.165, 1.54) is 0 Å². The summed E-state index contributed by atoms with van der Waals surface area (Å²) in [5.74, 6) is -0.901. The van der Waals surface area contributed by atoms with Gasteiger partial charge >= 0.3 is 18.3 Å². The number of carbonyl (C=O) groups is 1. The molecular weight excluding hydrogens is 406 g/mol. The molecule has 4 nitrogen and oxygen atoms in total. The molecule has 0 heterocycles. The second-order valence-electron chi connectivity index (χ2n) is 6.68. The molecule has 0 radical (unpaired) electrons. The number of carboxylic acids is 1. The van der Waals surface area contributed by atoms with Gasteiger partial charge in [-0.25, -0.2) is 0 Å². The monoisotopic (exact) mass is 430 g/mol. The molecule has 0 aliphatic rings. The fourth-order valence-electron chi connectivity index (χ4n) is 2.94. The Labute approximate surface area is 164 Å². The fourth-order valence-corrected chi connectivity index (χ4v) is 2.94. The Hall–Kier alpha value is -1.97. The first kappa shape index (κ1) is 25.1. The van der Waals surface area contributed by atoms with Crippen molar-refractivity contribution < 1.29 is 46.1 Å². The molecule has 29 heavy (non-hydrogen) atoms. The van der Waals surface area contributed by atoms with Gasteiger partial charge in [-0.15, -0.1) is 0 Å². The molecule has 0 bridgehead atoms. The van der Waals surface area contributed by atoms with Crippen molar-refractivity contribution in [3.05, 3.63) is 28.8 Å². The third-order valence-electron chi connectivity index (χ3n) is 4.30. The normalized spacial score (nSPS) is 12.9. The SMILES string of the molecule is CCCc1cc(C(O)(C(F)(F)F)C(F)(F)F)cc(CCC)c1OCCCC(=O)O. The molecule has 0 aromatic heterocycles. The van der Waals surface area contributed by atoms with Gasteiger partial charge in [-0.1, -0.05) is 26.7 Å². The van der Waals surface area contributed by atoms with Crippen LogP contribution in [0, 0.1) is 0 Å². The molecule has 1 rings (SSSR count). The highest BCUT2D eigenvalue weighted by Crippen LogP contribution is 2.51. The van der Waals surface area contributed by atoms with Gasteiger partial charge in [-0.05, 0) is 42.5 Å². The Morgan fingerprint density at radius 3 is 1.76 bits per heavy atom. The number of aryl methyl sites for hydroxylation is 2. The van der Waals surface area contributed by atoms with Crippen molar-refractivity contribution in [3.8, 4) is 5.75 Å². The van der Waals surface area contributed by atoms with Crippen molar-refractivity contribution in [1.82, 2.24) is 0 Å². The van der Waals surface area contributed by atoms with Crippen molar-refractivity contribution in [2.45, 2.75) is 70.3 Å². The Kier molecular flexibility index (Phi) is 8.37. The highest BCUT2D eigenvalue weighted by Gasteiger charge is 2.71. The Morgan fingerprint density at radius 2 is 1.41 bits per heavy atom. The van der Waals surface area contributed by atoms with E-state index in [4.69, 9.17) is 9.84 Å². The van der Waals surface area contributed by atoms with Crippen LogP contribution in [0.15, 0.2) is 12.1 Å². The van der Waals surface area contributed by atoms with E-state index in [1.807, 2.05) is 0 Å². The highest BCUT2D eigenvalue weighted by molar-refractivity contribution is 5.66. The Morgan fingerprint density at radius 1 is 0.966 bits per heavy atom. The lowest BCUT2D eigenvalue weighted by atomic mass is 9.87. The standard InChI is InChI=1S/C19H24F6O4/c1-3-6-12-10-14(17(28,18(20,21)22)19(23,24)25)11-13(7-4-2)16(12)29-9-5-8-15(26)27/h10-11,28H,3-9H2,1-2H3,(H,26,27). The van der Waals surface area contributed by atoms with Gasteiger partial charge in [0.05, 0.1) is 6.61 Å². The number of hydrogen-bond acceptors (Lipinski definition) is 3. The molecule has 0 atom stereocenters. The topological polar surface area (TPSA) is 66.8 Å². The van der Waals surface area contributed by atoms with E-state index in [9.17, 15) is 36.2 Å². The predicted molar refractivity (Wildman–Crippen MR) is 92.8 cm³/mol. The maximum absolute atomic E-state index is 13.3. The highest BCUT2D eigenvalue weighted by atomic mass is 19.4. The van der Waals surface area contributed by atoms with Crippen LogP contribution in [0.1, 0.15) is 56.2 Å². The number of alkyl halides is 6. The molecule has 0 saturated carbocycles. The largest absolute Gasteiger partial charge is 0.493 e. The summed E-state index contributed by atoms with van der Waals surface area (Å²) in [6.45, 7) is 3.34. The van der Waals surface area contributed by atoms with Gasteiger partial charge in [-0.3, -0.25) is 4.79 Å². The van der Waals surface area contributed by atoms with Gasteiger partial charge < -0.3 is 14.9 Å². The lowest BCUT2D eigenvalue weighted by Gasteiger charge is -2.33. The fraction of sp³-hybridized carbons (Fsp3) is 0.632. The van der Waals surface area contributed by atoms with Crippen molar-refractivity contribution in [2.75, 3.05) is 6.61 Å². The third kappa shape index (κ3) is 5.77. The maximum Gasteiger partial charge on any atom is 0.430 e. The molecule has 0 unspecified atom stereocenters. The molecule has 1 aromatic rings. The van der Waals surface area contributed by atoms with Crippen LogP contribution in [-0.4, -0.2) is 35.1 Å². The molecule has 10 heteroatoms. The van der Waals surface area contributed by atoms with Gasteiger partial charge in [0.1, 0.15) is 5.75 Å². The summed E-state index contributed by atoms with van der Waals surface area (Å²) in [5.41, 5.74) is -6.10. The molecule has 1 aromatic carbocycles. The number of hydrogen-bond donors (Lipinski definition) is 2. The van der Waals surface area contributed by atoms with Crippen LogP contribution in [-0.2, 0) is 23.2 Å². The minimum Gasteiger partial charge on any atom is -0.493 e. The van der Waals surface area contributed by atoms with E-state index in [-0.39, 0.29) is 49.2 Å². The molecular formula is C19H24F6O4. The molecule has 0 saturated heterocycles. The van der Waals surface area contributed by atoms with Crippen LogP contribution < -0.4 is 4.74 Å². The van der Waals surface area contributed by atoms with E-state index >= 15 is 0 Å². The molecule has 0 fully saturated rings. The van der Waals surface area contributed by atoms with E-state index < -0.39 is 29.5 Å². The molecule has 0 aliphatic carbocycles. The van der Waals surface area contributed by atoms with Crippen LogP contribution in [0.25, 0.3) is 0 Å². The first-order valence-electron chi connectivity index (χ1n) is 9.16. The van der Waals surface area contributed by atoms with Gasteiger partial charge in [0.2, 0.25) is 0 Å². The summed E-state index contributed by atoms with van der Waals surface area (Å²) in [6.07, 6.45) is -10.9. The number of halogens is 6. The van der Waals surface area contributed by atoms with E-state index in [1.54, 1.807) is 13.8 Å². The third-order valence-corrected chi connectivity index (χ3v) is 4.30. The first-order chi connectivity index (χ1) is 13.3. The zero-order valence-corrected chi connectivity index (χ0v) is 16.1. The average Bonchev–Trinajstić information content (AvgIpc) is 2.57. The summed E-state index contributed by atoms with van der Waals surface area (Å²) in [7, 11) is 0. The van der Waals surface area contributed by atoms with Crippen molar-refractivity contribution in [1.29, 1.82) is 0 Å². The Balaban J connectivity index is 3.53. The van der Waals surface area contributed by atoms with Crippen LogP contribution in [0.3, 0.4) is 0 Å². The molecule has 166 valence electrons. The zero-order valence-electron chi connectivity index (χ0n) is 16.1. The molecule has 0 aliphatic heterocycles. The van der Waals surface area contributed by atoms with Crippen LogP contribution >= 0.6 is 0 Å². The van der Waals surface area contributed by atoms with Gasteiger partial charge in [0.25, 0.3) is 5.60 Å². The lowest BCUT2D eigenvalue weighted by Crippen LogP contribution is -2.54. The maximum atomic E-state index is 13.3. The molecule has 0 amide bonds. The van der Waals surface area contributed by atoms with E-state index in [2.05, 4.69) is 0 Å².